The lowest BCUT2D eigenvalue weighted by atomic mass is 10.2. The molecule has 1 N–H and O–H groups in total. The van der Waals surface area contributed by atoms with Crippen molar-refractivity contribution >= 4 is 5.97 Å². The lowest BCUT2D eigenvalue weighted by Gasteiger charge is -2.14. The smallest absolute Gasteiger partial charge is 0.344 e. The van der Waals surface area contributed by atoms with Crippen LogP contribution in [0.4, 0.5) is 0 Å². The Hall–Kier alpha value is -1.71. The highest BCUT2D eigenvalue weighted by Gasteiger charge is 2.17. The van der Waals surface area contributed by atoms with Crippen LogP contribution in [0.5, 0.6) is 11.5 Å². The van der Waals surface area contributed by atoms with Crippen LogP contribution in [-0.2, 0) is 4.79 Å². The van der Waals surface area contributed by atoms with Gasteiger partial charge in [-0.05, 0) is 37.6 Å². The van der Waals surface area contributed by atoms with Crippen molar-refractivity contribution in [1.29, 1.82) is 0 Å². The lowest BCUT2D eigenvalue weighted by Crippen LogP contribution is -2.26. The molecule has 0 unspecified atom stereocenters. The molecule has 1 aromatic rings. The molecule has 0 heterocycles. The Balaban J connectivity index is 2.63. The molecule has 4 heteroatoms. The van der Waals surface area contributed by atoms with Crippen molar-refractivity contribution < 1.29 is 19.4 Å². The highest BCUT2D eigenvalue weighted by Crippen LogP contribution is 2.19. The van der Waals surface area contributed by atoms with Crippen LogP contribution in [-0.4, -0.2) is 23.8 Å². The highest BCUT2D eigenvalue weighted by atomic mass is 16.5. The van der Waals surface area contributed by atoms with Crippen LogP contribution in [0.3, 0.4) is 0 Å². The van der Waals surface area contributed by atoms with Gasteiger partial charge in [0, 0.05) is 0 Å². The zero-order valence-electron chi connectivity index (χ0n) is 10.2. The zero-order chi connectivity index (χ0) is 12.7. The zero-order valence-corrected chi connectivity index (χ0v) is 10.2. The number of ether oxygens (including phenoxy) is 2. The Morgan fingerprint density at radius 2 is 1.82 bits per heavy atom. The first kappa shape index (κ1) is 13.4. The molecule has 0 aliphatic heterocycles. The van der Waals surface area contributed by atoms with Crippen molar-refractivity contribution in [1.82, 2.24) is 0 Å². The molecule has 1 rings (SSSR count). The first-order valence-corrected chi connectivity index (χ1v) is 5.79. The minimum Gasteiger partial charge on any atom is -0.494 e. The van der Waals surface area contributed by atoms with Gasteiger partial charge in [-0.2, -0.15) is 0 Å². The molecule has 0 fully saturated rings. The van der Waals surface area contributed by atoms with Crippen LogP contribution in [0.15, 0.2) is 24.3 Å². The van der Waals surface area contributed by atoms with Crippen LogP contribution in [0.2, 0.25) is 0 Å². The van der Waals surface area contributed by atoms with Gasteiger partial charge in [0.25, 0.3) is 0 Å². The van der Waals surface area contributed by atoms with Gasteiger partial charge in [-0.15, -0.1) is 0 Å². The van der Waals surface area contributed by atoms with E-state index in [0.717, 1.165) is 12.2 Å². The Kier molecular flexibility index (Phi) is 5.33. The van der Waals surface area contributed by atoms with E-state index in [9.17, 15) is 4.79 Å². The number of aliphatic carboxylic acids is 1. The summed E-state index contributed by atoms with van der Waals surface area (Å²) in [6, 6.07) is 6.97. The number of benzene rings is 1. The molecule has 94 valence electrons. The number of carbonyl (C=O) groups is 1. The summed E-state index contributed by atoms with van der Waals surface area (Å²) in [4.78, 5) is 10.9. The molecular formula is C13H18O4. The van der Waals surface area contributed by atoms with Gasteiger partial charge >= 0.3 is 5.97 Å². The summed E-state index contributed by atoms with van der Waals surface area (Å²) < 4.78 is 10.7. The minimum absolute atomic E-state index is 0.503. The summed E-state index contributed by atoms with van der Waals surface area (Å²) in [7, 11) is 0. The van der Waals surface area contributed by atoms with Gasteiger partial charge in [-0.3, -0.25) is 0 Å². The van der Waals surface area contributed by atoms with Crippen molar-refractivity contribution in [3.8, 4) is 11.5 Å². The van der Waals surface area contributed by atoms with E-state index in [1.807, 2.05) is 13.8 Å². The molecule has 1 atom stereocenters. The van der Waals surface area contributed by atoms with Gasteiger partial charge in [-0.25, -0.2) is 4.79 Å². The minimum atomic E-state index is -0.930. The van der Waals surface area contributed by atoms with E-state index >= 15 is 0 Å². The van der Waals surface area contributed by atoms with Crippen LogP contribution in [0.1, 0.15) is 26.7 Å². The van der Waals surface area contributed by atoms with E-state index in [0.29, 0.717) is 18.8 Å². The molecule has 0 saturated heterocycles. The van der Waals surface area contributed by atoms with Gasteiger partial charge in [-0.1, -0.05) is 13.3 Å². The predicted octanol–water partition coefficient (Wildman–Crippen LogP) is 2.72. The van der Waals surface area contributed by atoms with E-state index in [1.165, 1.54) is 0 Å². The molecule has 0 aromatic heterocycles. The monoisotopic (exact) mass is 238 g/mol. The number of hydrogen-bond acceptors (Lipinski definition) is 3. The number of carboxylic acid groups (broad SMARTS) is 1. The van der Waals surface area contributed by atoms with Crippen molar-refractivity contribution in [2.45, 2.75) is 32.8 Å². The number of rotatable bonds is 7. The molecule has 1 aromatic carbocycles. The second kappa shape index (κ2) is 6.78. The molecular weight excluding hydrogens is 220 g/mol. The normalized spacial score (nSPS) is 11.9. The van der Waals surface area contributed by atoms with Gasteiger partial charge in [0.1, 0.15) is 11.5 Å². The number of hydrogen-bond donors (Lipinski definition) is 1. The molecule has 0 radical (unpaired) electrons. The van der Waals surface area contributed by atoms with E-state index in [-0.39, 0.29) is 0 Å². The third-order valence-corrected chi connectivity index (χ3v) is 2.24. The predicted molar refractivity (Wildman–Crippen MR) is 64.6 cm³/mol. The summed E-state index contributed by atoms with van der Waals surface area (Å²) in [6.45, 7) is 4.44. The SMILES string of the molecule is CCC[C@H](Oc1ccc(OCC)cc1)C(=O)O. The fraction of sp³-hybridized carbons (Fsp3) is 0.462. The second-order valence-electron chi connectivity index (χ2n) is 3.64. The molecule has 0 saturated carbocycles. The molecule has 0 amide bonds. The molecule has 0 aliphatic carbocycles. The van der Waals surface area contributed by atoms with E-state index < -0.39 is 12.1 Å². The fourth-order valence-corrected chi connectivity index (χ4v) is 1.44. The second-order valence-corrected chi connectivity index (χ2v) is 3.64. The van der Waals surface area contributed by atoms with Crippen molar-refractivity contribution in [3.05, 3.63) is 24.3 Å². The first-order valence-electron chi connectivity index (χ1n) is 5.79. The summed E-state index contributed by atoms with van der Waals surface area (Å²) >= 11 is 0. The highest BCUT2D eigenvalue weighted by molar-refractivity contribution is 5.72. The van der Waals surface area contributed by atoms with Crippen LogP contribution >= 0.6 is 0 Å². The van der Waals surface area contributed by atoms with Crippen LogP contribution < -0.4 is 9.47 Å². The Morgan fingerprint density at radius 1 is 1.24 bits per heavy atom. The largest absolute Gasteiger partial charge is 0.494 e. The first-order chi connectivity index (χ1) is 8.17. The summed E-state index contributed by atoms with van der Waals surface area (Å²) in [5.41, 5.74) is 0. The van der Waals surface area contributed by atoms with Crippen molar-refractivity contribution in [2.24, 2.45) is 0 Å². The lowest BCUT2D eigenvalue weighted by molar-refractivity contribution is -0.145. The maximum absolute atomic E-state index is 10.9. The standard InChI is InChI=1S/C13H18O4/c1-3-5-12(13(14)15)17-11-8-6-10(7-9-11)16-4-2/h6-9,12H,3-5H2,1-2H3,(H,14,15)/t12-/m0/s1. The summed E-state index contributed by atoms with van der Waals surface area (Å²) in [5.74, 6) is 0.372. The molecule has 0 aliphatic rings. The maximum atomic E-state index is 10.9. The van der Waals surface area contributed by atoms with Crippen molar-refractivity contribution in [3.63, 3.8) is 0 Å². The molecule has 4 nitrogen and oxygen atoms in total. The van der Waals surface area contributed by atoms with E-state index in [2.05, 4.69) is 0 Å². The third-order valence-electron chi connectivity index (χ3n) is 2.24. The topological polar surface area (TPSA) is 55.8 Å². The Labute approximate surface area is 101 Å². The summed E-state index contributed by atoms with van der Waals surface area (Å²) in [6.07, 6.45) is 0.495. The van der Waals surface area contributed by atoms with Gasteiger partial charge in [0.05, 0.1) is 6.61 Å². The quantitative estimate of drug-likeness (QED) is 0.793. The fourth-order valence-electron chi connectivity index (χ4n) is 1.44. The Bertz CT molecular complexity index is 345. The average Bonchev–Trinajstić information content (AvgIpc) is 2.31. The molecule has 0 bridgehead atoms. The van der Waals surface area contributed by atoms with Crippen LogP contribution in [0, 0.1) is 0 Å². The molecule has 0 spiro atoms. The third kappa shape index (κ3) is 4.34. The van der Waals surface area contributed by atoms with Crippen molar-refractivity contribution in [2.75, 3.05) is 6.61 Å². The van der Waals surface area contributed by atoms with Gasteiger partial charge in [0.15, 0.2) is 6.10 Å². The summed E-state index contributed by atoms with van der Waals surface area (Å²) in [5, 5.41) is 8.95. The van der Waals surface area contributed by atoms with Gasteiger partial charge in [0.2, 0.25) is 0 Å². The maximum Gasteiger partial charge on any atom is 0.344 e. The Morgan fingerprint density at radius 3 is 2.29 bits per heavy atom. The molecule has 17 heavy (non-hydrogen) atoms. The van der Waals surface area contributed by atoms with E-state index in [1.54, 1.807) is 24.3 Å². The van der Waals surface area contributed by atoms with E-state index in [4.69, 9.17) is 14.6 Å². The average molecular weight is 238 g/mol. The van der Waals surface area contributed by atoms with Crippen LogP contribution in [0.25, 0.3) is 0 Å². The van der Waals surface area contributed by atoms with Gasteiger partial charge < -0.3 is 14.6 Å². The number of carboxylic acids is 1.